The van der Waals surface area contributed by atoms with Gasteiger partial charge in [0, 0.05) is 0 Å². The summed E-state index contributed by atoms with van der Waals surface area (Å²) in [6.45, 7) is 1.74. The zero-order valence-corrected chi connectivity index (χ0v) is 8.50. The molecule has 0 spiro atoms. The maximum atomic E-state index is 11.0. The van der Waals surface area contributed by atoms with Crippen molar-refractivity contribution in [1.82, 2.24) is 10.2 Å². The van der Waals surface area contributed by atoms with Crippen LogP contribution >= 0.6 is 11.3 Å². The van der Waals surface area contributed by atoms with Crippen LogP contribution in [0.25, 0.3) is 0 Å². The number of rotatable bonds is 4. The zero-order valence-electron chi connectivity index (χ0n) is 7.69. The Labute approximate surface area is 84.9 Å². The molecule has 1 aromatic heterocycles. The molecule has 0 fully saturated rings. The van der Waals surface area contributed by atoms with Crippen molar-refractivity contribution in [1.29, 1.82) is 0 Å². The van der Waals surface area contributed by atoms with Crippen LogP contribution in [0.2, 0.25) is 0 Å². The first kappa shape index (κ1) is 10.9. The molecule has 1 amide bonds. The van der Waals surface area contributed by atoms with E-state index in [9.17, 15) is 4.79 Å². The number of nitrogens with zero attached hydrogens (tertiary/aromatic N) is 2. The van der Waals surface area contributed by atoms with Crippen LogP contribution in [0.3, 0.4) is 0 Å². The lowest BCUT2D eigenvalue weighted by molar-refractivity contribution is 0.131. The van der Waals surface area contributed by atoms with E-state index in [0.29, 0.717) is 5.13 Å². The number of anilines is 1. The summed E-state index contributed by atoms with van der Waals surface area (Å²) in [4.78, 5) is 11.0. The lowest BCUT2D eigenvalue weighted by atomic mass is 10.5. The van der Waals surface area contributed by atoms with Crippen LogP contribution in [0.5, 0.6) is 0 Å². The summed E-state index contributed by atoms with van der Waals surface area (Å²) in [6.07, 6.45) is 0.156. The number of aryl methyl sites for hydroxylation is 1. The van der Waals surface area contributed by atoms with Crippen molar-refractivity contribution >= 4 is 22.6 Å². The molecular formula is C7H11N3O3S. The highest BCUT2D eigenvalue weighted by Crippen LogP contribution is 2.15. The Hall–Kier alpha value is -1.21. The van der Waals surface area contributed by atoms with Gasteiger partial charge in [-0.15, -0.1) is 10.2 Å². The van der Waals surface area contributed by atoms with E-state index in [4.69, 9.17) is 5.11 Å². The molecule has 0 saturated heterocycles. The minimum atomic E-state index is -0.627. The summed E-state index contributed by atoms with van der Waals surface area (Å²) in [5, 5.41) is 19.6. The number of ether oxygens (including phenoxy) is 1. The molecule has 1 aromatic rings. The fourth-order valence-electron chi connectivity index (χ4n) is 0.709. The standard InChI is InChI=1S/C7H11N3O3S/c1-2-5-9-10-6(14-5)8-7(12)13-4-3-11/h11H,2-4H2,1H3,(H,8,10,12). The molecule has 7 heteroatoms. The number of carbonyl (C=O) groups is 1. The fraction of sp³-hybridized carbons (Fsp3) is 0.571. The highest BCUT2D eigenvalue weighted by molar-refractivity contribution is 7.15. The van der Waals surface area contributed by atoms with Gasteiger partial charge in [-0.05, 0) is 6.42 Å². The predicted octanol–water partition coefficient (Wildman–Crippen LogP) is 0.641. The van der Waals surface area contributed by atoms with E-state index in [-0.39, 0.29) is 13.2 Å². The summed E-state index contributed by atoms with van der Waals surface area (Å²) in [6, 6.07) is 0. The summed E-state index contributed by atoms with van der Waals surface area (Å²) < 4.78 is 4.58. The number of aliphatic hydroxyl groups is 1. The van der Waals surface area contributed by atoms with Crippen LogP contribution in [0.1, 0.15) is 11.9 Å². The third kappa shape index (κ3) is 3.27. The number of amides is 1. The van der Waals surface area contributed by atoms with Crippen molar-refractivity contribution < 1.29 is 14.6 Å². The molecule has 6 nitrogen and oxygen atoms in total. The molecule has 1 heterocycles. The van der Waals surface area contributed by atoms with Crippen LogP contribution in [-0.4, -0.2) is 34.6 Å². The highest BCUT2D eigenvalue weighted by Gasteiger charge is 2.07. The van der Waals surface area contributed by atoms with Crippen LogP contribution in [0.4, 0.5) is 9.93 Å². The molecule has 0 aliphatic rings. The molecule has 0 aromatic carbocycles. The van der Waals surface area contributed by atoms with Gasteiger partial charge < -0.3 is 9.84 Å². The molecule has 2 N–H and O–H groups in total. The van der Waals surface area contributed by atoms with Gasteiger partial charge in [0.1, 0.15) is 11.6 Å². The van der Waals surface area contributed by atoms with Gasteiger partial charge in [0.2, 0.25) is 5.13 Å². The van der Waals surface area contributed by atoms with Gasteiger partial charge in [-0.25, -0.2) is 4.79 Å². The Kier molecular flexibility index (Phi) is 4.27. The lowest BCUT2D eigenvalue weighted by Crippen LogP contribution is -2.15. The van der Waals surface area contributed by atoms with E-state index < -0.39 is 6.09 Å². The molecule has 78 valence electrons. The Morgan fingerprint density at radius 3 is 3.00 bits per heavy atom. The number of hydrogen-bond acceptors (Lipinski definition) is 6. The first-order valence-corrected chi connectivity index (χ1v) is 4.95. The molecule has 0 saturated carbocycles. The van der Waals surface area contributed by atoms with E-state index >= 15 is 0 Å². The normalized spacial score (nSPS) is 9.86. The molecule has 0 aliphatic carbocycles. The second kappa shape index (κ2) is 5.51. The van der Waals surface area contributed by atoms with Gasteiger partial charge in [0.15, 0.2) is 0 Å². The van der Waals surface area contributed by atoms with E-state index in [1.165, 1.54) is 11.3 Å². The SMILES string of the molecule is CCc1nnc(NC(=O)OCCO)s1. The smallest absolute Gasteiger partial charge is 0.413 e. The van der Waals surface area contributed by atoms with Gasteiger partial charge in [-0.2, -0.15) is 0 Å². The second-order valence-corrected chi connectivity index (χ2v) is 3.40. The molecule has 0 radical (unpaired) electrons. The maximum absolute atomic E-state index is 11.0. The minimum absolute atomic E-state index is 0.0225. The molecule has 1 rings (SSSR count). The zero-order chi connectivity index (χ0) is 10.4. The van der Waals surface area contributed by atoms with Crippen molar-refractivity contribution in [2.75, 3.05) is 18.5 Å². The third-order valence-corrected chi connectivity index (χ3v) is 2.29. The molecule has 14 heavy (non-hydrogen) atoms. The van der Waals surface area contributed by atoms with Crippen LogP contribution in [-0.2, 0) is 11.2 Å². The summed E-state index contributed by atoms with van der Waals surface area (Å²) >= 11 is 1.30. The van der Waals surface area contributed by atoms with Crippen molar-refractivity contribution in [2.24, 2.45) is 0 Å². The maximum Gasteiger partial charge on any atom is 0.413 e. The Bertz CT molecular complexity index is 302. The first-order chi connectivity index (χ1) is 6.76. The number of nitrogens with one attached hydrogen (secondary N) is 1. The molecule has 0 atom stereocenters. The topological polar surface area (TPSA) is 84.3 Å². The molecule has 0 unspecified atom stereocenters. The number of hydrogen-bond donors (Lipinski definition) is 2. The Morgan fingerprint density at radius 1 is 1.64 bits per heavy atom. The Morgan fingerprint density at radius 2 is 2.43 bits per heavy atom. The second-order valence-electron chi connectivity index (χ2n) is 2.34. The Balaban J connectivity index is 2.39. The molecular weight excluding hydrogens is 206 g/mol. The minimum Gasteiger partial charge on any atom is -0.447 e. The van der Waals surface area contributed by atoms with E-state index in [2.05, 4.69) is 20.3 Å². The van der Waals surface area contributed by atoms with Gasteiger partial charge in [-0.1, -0.05) is 18.3 Å². The summed E-state index contributed by atoms with van der Waals surface area (Å²) in [5.41, 5.74) is 0. The van der Waals surface area contributed by atoms with Gasteiger partial charge >= 0.3 is 6.09 Å². The highest BCUT2D eigenvalue weighted by atomic mass is 32.1. The largest absolute Gasteiger partial charge is 0.447 e. The van der Waals surface area contributed by atoms with E-state index in [1.54, 1.807) is 0 Å². The van der Waals surface area contributed by atoms with E-state index in [0.717, 1.165) is 11.4 Å². The average molecular weight is 217 g/mol. The third-order valence-electron chi connectivity index (χ3n) is 1.30. The number of carbonyl (C=O) groups excluding carboxylic acids is 1. The monoisotopic (exact) mass is 217 g/mol. The summed E-state index contributed by atoms with van der Waals surface area (Å²) in [7, 11) is 0. The van der Waals surface area contributed by atoms with Crippen molar-refractivity contribution in [3.05, 3.63) is 5.01 Å². The average Bonchev–Trinajstić information content (AvgIpc) is 2.62. The first-order valence-electron chi connectivity index (χ1n) is 4.13. The van der Waals surface area contributed by atoms with Gasteiger partial charge in [0.05, 0.1) is 6.61 Å². The quantitative estimate of drug-likeness (QED) is 0.773. The molecule has 0 aliphatic heterocycles. The fourth-order valence-corrected chi connectivity index (χ4v) is 1.37. The lowest BCUT2D eigenvalue weighted by Gasteiger charge is -2.00. The van der Waals surface area contributed by atoms with E-state index in [1.807, 2.05) is 6.92 Å². The van der Waals surface area contributed by atoms with Crippen molar-refractivity contribution in [3.8, 4) is 0 Å². The van der Waals surface area contributed by atoms with Gasteiger partial charge in [0.25, 0.3) is 0 Å². The van der Waals surface area contributed by atoms with Crippen molar-refractivity contribution in [2.45, 2.75) is 13.3 Å². The predicted molar refractivity (Wildman–Crippen MR) is 51.3 cm³/mol. The van der Waals surface area contributed by atoms with Gasteiger partial charge in [-0.3, -0.25) is 5.32 Å². The van der Waals surface area contributed by atoms with Crippen molar-refractivity contribution in [3.63, 3.8) is 0 Å². The summed E-state index contributed by atoms with van der Waals surface area (Å²) in [5.74, 6) is 0. The van der Waals surface area contributed by atoms with Crippen LogP contribution in [0, 0.1) is 0 Å². The van der Waals surface area contributed by atoms with Crippen LogP contribution in [0.15, 0.2) is 0 Å². The van der Waals surface area contributed by atoms with Crippen LogP contribution < -0.4 is 5.32 Å². The number of aromatic nitrogens is 2. The number of aliphatic hydroxyl groups excluding tert-OH is 1. The molecule has 0 bridgehead atoms.